The van der Waals surface area contributed by atoms with Gasteiger partial charge in [-0.05, 0) is 51.8 Å². The van der Waals surface area contributed by atoms with Crippen molar-refractivity contribution in [3.05, 3.63) is 35.6 Å². The summed E-state index contributed by atoms with van der Waals surface area (Å²) in [6.07, 6.45) is 0.576. The lowest BCUT2D eigenvalue weighted by atomic mass is 10.1. The molecule has 0 aliphatic carbocycles. The van der Waals surface area contributed by atoms with Gasteiger partial charge in [-0.1, -0.05) is 12.1 Å². The maximum Gasteiger partial charge on any atom is 0.223 e. The maximum absolute atomic E-state index is 12.9. The van der Waals surface area contributed by atoms with E-state index in [0.717, 1.165) is 5.56 Å². The first kappa shape index (κ1) is 19.6. The lowest BCUT2D eigenvalue weighted by Gasteiger charge is -2.30. The number of hydrogen-bond acceptors (Lipinski definition) is 3. The van der Waals surface area contributed by atoms with Gasteiger partial charge in [-0.2, -0.15) is 0 Å². The van der Waals surface area contributed by atoms with Crippen LogP contribution in [-0.2, 0) is 20.7 Å². The monoisotopic (exact) mass is 325 g/mol. The van der Waals surface area contributed by atoms with Gasteiger partial charge in [-0.25, -0.2) is 4.39 Å². The number of benzene rings is 1. The molecule has 0 heterocycles. The molecule has 0 unspecified atom stereocenters. The Kier molecular flexibility index (Phi) is 8.81. The average Bonchev–Trinajstić information content (AvgIpc) is 2.51. The standard InChI is InChI=1S/C18H28FNO3/c1-5-22-18(23-6-2)13-20(14(3)4)17(21)12-9-15-7-10-16(19)11-8-15/h7-8,10-11,14,18H,5-6,9,12-13H2,1-4H3. The Hall–Kier alpha value is -1.46. The summed E-state index contributed by atoms with van der Waals surface area (Å²) in [4.78, 5) is 14.3. The lowest BCUT2D eigenvalue weighted by molar-refractivity contribution is -0.161. The van der Waals surface area contributed by atoms with E-state index in [2.05, 4.69) is 0 Å². The average molecular weight is 325 g/mol. The van der Waals surface area contributed by atoms with Gasteiger partial charge in [-0.15, -0.1) is 0 Å². The number of rotatable bonds is 10. The number of aryl methyl sites for hydroxylation is 1. The third kappa shape index (κ3) is 7.10. The van der Waals surface area contributed by atoms with E-state index in [1.807, 2.05) is 27.7 Å². The molecule has 0 saturated heterocycles. The van der Waals surface area contributed by atoms with Crippen molar-refractivity contribution < 1.29 is 18.7 Å². The van der Waals surface area contributed by atoms with Crippen molar-refractivity contribution in [2.75, 3.05) is 19.8 Å². The van der Waals surface area contributed by atoms with Crippen molar-refractivity contribution >= 4 is 5.91 Å². The van der Waals surface area contributed by atoms with Gasteiger partial charge in [0, 0.05) is 25.7 Å². The molecular weight excluding hydrogens is 297 g/mol. The van der Waals surface area contributed by atoms with Crippen LogP contribution in [0.1, 0.15) is 39.7 Å². The first-order valence-corrected chi connectivity index (χ1v) is 8.25. The van der Waals surface area contributed by atoms with Gasteiger partial charge in [0.2, 0.25) is 5.91 Å². The van der Waals surface area contributed by atoms with E-state index in [1.54, 1.807) is 17.0 Å². The fraction of sp³-hybridized carbons (Fsp3) is 0.611. The van der Waals surface area contributed by atoms with E-state index < -0.39 is 6.29 Å². The lowest BCUT2D eigenvalue weighted by Crippen LogP contribution is -2.43. The van der Waals surface area contributed by atoms with Crippen molar-refractivity contribution in [1.82, 2.24) is 4.90 Å². The SMILES string of the molecule is CCOC(CN(C(=O)CCc1ccc(F)cc1)C(C)C)OCC. The van der Waals surface area contributed by atoms with E-state index in [0.29, 0.717) is 32.6 Å². The number of amides is 1. The predicted molar refractivity (Wildman–Crippen MR) is 88.6 cm³/mol. The molecule has 0 aliphatic rings. The highest BCUT2D eigenvalue weighted by molar-refractivity contribution is 5.76. The van der Waals surface area contributed by atoms with Crippen LogP contribution in [0.25, 0.3) is 0 Å². The Morgan fingerprint density at radius 2 is 1.70 bits per heavy atom. The second-order valence-corrected chi connectivity index (χ2v) is 5.61. The van der Waals surface area contributed by atoms with Crippen molar-refractivity contribution in [2.24, 2.45) is 0 Å². The Balaban J connectivity index is 2.60. The quantitative estimate of drug-likeness (QED) is 0.619. The maximum atomic E-state index is 12.9. The fourth-order valence-corrected chi connectivity index (χ4v) is 2.33. The largest absolute Gasteiger partial charge is 0.351 e. The number of ether oxygens (including phenoxy) is 2. The van der Waals surface area contributed by atoms with Gasteiger partial charge in [0.05, 0.1) is 6.54 Å². The molecule has 5 heteroatoms. The minimum absolute atomic E-state index is 0.0498. The van der Waals surface area contributed by atoms with Gasteiger partial charge >= 0.3 is 0 Å². The Bertz CT molecular complexity index is 456. The molecule has 0 N–H and O–H groups in total. The molecule has 1 aromatic carbocycles. The van der Waals surface area contributed by atoms with Crippen LogP contribution in [0.5, 0.6) is 0 Å². The van der Waals surface area contributed by atoms with Gasteiger partial charge in [0.25, 0.3) is 0 Å². The minimum Gasteiger partial charge on any atom is -0.351 e. The summed E-state index contributed by atoms with van der Waals surface area (Å²) in [6.45, 7) is 9.27. The molecule has 0 radical (unpaired) electrons. The van der Waals surface area contributed by atoms with Crippen molar-refractivity contribution in [3.8, 4) is 0 Å². The zero-order valence-electron chi connectivity index (χ0n) is 14.5. The third-order valence-corrected chi connectivity index (χ3v) is 3.54. The van der Waals surface area contributed by atoms with Crippen molar-refractivity contribution in [2.45, 2.75) is 52.9 Å². The molecule has 0 saturated carbocycles. The number of hydrogen-bond donors (Lipinski definition) is 0. The van der Waals surface area contributed by atoms with Crippen LogP contribution in [0.3, 0.4) is 0 Å². The first-order chi connectivity index (χ1) is 11.0. The molecule has 1 rings (SSSR count). The fourth-order valence-electron chi connectivity index (χ4n) is 2.33. The van der Waals surface area contributed by atoms with Crippen molar-refractivity contribution in [1.29, 1.82) is 0 Å². The van der Waals surface area contributed by atoms with E-state index >= 15 is 0 Å². The zero-order valence-corrected chi connectivity index (χ0v) is 14.5. The smallest absolute Gasteiger partial charge is 0.223 e. The van der Waals surface area contributed by atoms with E-state index in [9.17, 15) is 9.18 Å². The highest BCUT2D eigenvalue weighted by Gasteiger charge is 2.21. The summed E-state index contributed by atoms with van der Waals surface area (Å²) < 4.78 is 24.0. The predicted octanol–water partition coefficient (Wildman–Crippen LogP) is 3.39. The van der Waals surface area contributed by atoms with E-state index in [1.165, 1.54) is 12.1 Å². The summed E-state index contributed by atoms with van der Waals surface area (Å²) in [7, 11) is 0. The number of carbonyl (C=O) groups is 1. The van der Waals surface area contributed by atoms with Crippen LogP contribution in [0, 0.1) is 5.82 Å². The van der Waals surface area contributed by atoms with Crippen LogP contribution in [0.4, 0.5) is 4.39 Å². The molecule has 0 bridgehead atoms. The van der Waals surface area contributed by atoms with Crippen LogP contribution in [0.2, 0.25) is 0 Å². The molecule has 0 aromatic heterocycles. The topological polar surface area (TPSA) is 38.8 Å². The number of carbonyl (C=O) groups excluding carboxylic acids is 1. The molecule has 0 fully saturated rings. The van der Waals surface area contributed by atoms with E-state index in [4.69, 9.17) is 9.47 Å². The minimum atomic E-state index is -0.401. The molecule has 130 valence electrons. The van der Waals surface area contributed by atoms with Crippen LogP contribution < -0.4 is 0 Å². The van der Waals surface area contributed by atoms with Crippen LogP contribution >= 0.6 is 0 Å². The van der Waals surface area contributed by atoms with Gasteiger partial charge in [0.1, 0.15) is 5.82 Å². The number of halogens is 1. The summed E-state index contributed by atoms with van der Waals surface area (Å²) in [5.74, 6) is -0.214. The van der Waals surface area contributed by atoms with Gasteiger partial charge < -0.3 is 14.4 Å². The normalized spacial score (nSPS) is 11.3. The molecule has 1 amide bonds. The van der Waals surface area contributed by atoms with Crippen LogP contribution in [-0.4, -0.2) is 42.9 Å². The van der Waals surface area contributed by atoms with E-state index in [-0.39, 0.29) is 17.8 Å². The molecule has 0 aliphatic heterocycles. The Morgan fingerprint density at radius 3 is 2.17 bits per heavy atom. The van der Waals surface area contributed by atoms with Crippen molar-refractivity contribution in [3.63, 3.8) is 0 Å². The molecule has 23 heavy (non-hydrogen) atoms. The molecule has 0 spiro atoms. The zero-order chi connectivity index (χ0) is 17.2. The van der Waals surface area contributed by atoms with Gasteiger partial charge in [-0.3, -0.25) is 4.79 Å². The second-order valence-electron chi connectivity index (χ2n) is 5.61. The number of nitrogens with zero attached hydrogens (tertiary/aromatic N) is 1. The summed E-state index contributed by atoms with van der Waals surface area (Å²) in [5.41, 5.74) is 0.953. The second kappa shape index (κ2) is 10.3. The third-order valence-electron chi connectivity index (χ3n) is 3.54. The molecule has 4 nitrogen and oxygen atoms in total. The van der Waals surface area contributed by atoms with Crippen LogP contribution in [0.15, 0.2) is 24.3 Å². The first-order valence-electron chi connectivity index (χ1n) is 8.25. The molecular formula is C18H28FNO3. The Labute approximate surface area is 138 Å². The summed E-state index contributed by atoms with van der Waals surface area (Å²) >= 11 is 0. The molecule has 0 atom stereocenters. The summed E-state index contributed by atoms with van der Waals surface area (Å²) in [6, 6.07) is 6.33. The summed E-state index contributed by atoms with van der Waals surface area (Å²) in [5, 5.41) is 0. The molecule has 1 aromatic rings. The highest BCUT2D eigenvalue weighted by Crippen LogP contribution is 2.11. The van der Waals surface area contributed by atoms with Gasteiger partial charge in [0.15, 0.2) is 6.29 Å². The Morgan fingerprint density at radius 1 is 1.13 bits per heavy atom. The highest BCUT2D eigenvalue weighted by atomic mass is 19.1.